The summed E-state index contributed by atoms with van der Waals surface area (Å²) in [7, 11) is 0. The molecule has 1 aromatic carbocycles. The maximum atomic E-state index is 12.1. The van der Waals surface area contributed by atoms with E-state index in [0.717, 1.165) is 6.92 Å². The predicted octanol–water partition coefficient (Wildman–Crippen LogP) is -6.53. The van der Waals surface area contributed by atoms with Gasteiger partial charge in [0.05, 0.1) is 18.8 Å². The van der Waals surface area contributed by atoms with Gasteiger partial charge in [-0.1, -0.05) is 0 Å². The van der Waals surface area contributed by atoms with Crippen LogP contribution in [0, 0.1) is 6.92 Å². The monoisotopic (exact) mass is 507 g/mol. The Morgan fingerprint density at radius 2 is 1.97 bits per heavy atom. The molecule has 0 spiro atoms. The van der Waals surface area contributed by atoms with Crippen LogP contribution in [0.25, 0.3) is 11.0 Å². The summed E-state index contributed by atoms with van der Waals surface area (Å²) in [5.41, 5.74) is 0.0901. The fourth-order valence-electron chi connectivity index (χ4n) is 3.78. The van der Waals surface area contributed by atoms with Gasteiger partial charge in [-0.2, -0.15) is 0 Å². The molecule has 14 heteroatoms. The molecule has 1 aliphatic heterocycles. The second kappa shape index (κ2) is 12.3. The molecule has 1 aliphatic rings. The van der Waals surface area contributed by atoms with Crippen LogP contribution in [0.4, 0.5) is 0 Å². The number of nitrogens with one attached hydrogen (secondary N) is 1. The fraction of sp³-hybridized carbons (Fsp3) is 0.476. The third kappa shape index (κ3) is 6.58. The molecule has 7 N–H and O–H groups in total. The number of carbonyl (C=O) groups is 2. The SMILES string of the molecule is CC(=O)N[C@@H]1[C@@H](O)CC(Oc2ccc3c(C)cc(=O)oc3c2)(C(=O)[O-])O[C@H]1C(O)C(O)CO.O.[Na+]. The molecule has 0 radical (unpaired) electrons. The minimum atomic E-state index is -2.66. The van der Waals surface area contributed by atoms with Gasteiger partial charge in [0.1, 0.15) is 35.6 Å². The standard InChI is InChI=1S/C21H25NO11.Na.H2O/c1-9-5-16(27)31-15-6-11(3-4-12(9)15)32-21(20(29)30)7-13(25)17(22-10(2)24)19(33-21)18(28)14(26)8-23;;/h3-6,13-14,17-19,23,25-26,28H,7-8H2,1-2H3,(H,22,24)(H,29,30);;1H2/q;+1;/p-1/t13-,14?,17+,18?,19+,21?;;/m0../s1. The van der Waals surface area contributed by atoms with Crippen LogP contribution in [-0.2, 0) is 14.3 Å². The van der Waals surface area contributed by atoms with Gasteiger partial charge in [0, 0.05) is 30.9 Å². The number of ether oxygens (including phenoxy) is 2. The summed E-state index contributed by atoms with van der Waals surface area (Å²) >= 11 is 0. The zero-order valence-electron chi connectivity index (χ0n) is 19.3. The maximum Gasteiger partial charge on any atom is 1.00 e. The van der Waals surface area contributed by atoms with Gasteiger partial charge in [0.25, 0.3) is 5.79 Å². The summed E-state index contributed by atoms with van der Waals surface area (Å²) in [4.78, 5) is 35.4. The second-order valence-corrected chi connectivity index (χ2v) is 7.87. The third-order valence-corrected chi connectivity index (χ3v) is 5.38. The molecule has 3 rings (SSSR count). The van der Waals surface area contributed by atoms with Crippen molar-refractivity contribution >= 4 is 22.8 Å². The van der Waals surface area contributed by atoms with E-state index in [4.69, 9.17) is 13.9 Å². The van der Waals surface area contributed by atoms with E-state index in [-0.39, 0.29) is 46.4 Å². The van der Waals surface area contributed by atoms with Gasteiger partial charge >= 0.3 is 35.2 Å². The molecule has 2 heterocycles. The summed E-state index contributed by atoms with van der Waals surface area (Å²) in [6, 6.07) is 4.09. The van der Waals surface area contributed by atoms with Crippen molar-refractivity contribution in [2.45, 2.75) is 56.5 Å². The molecule has 35 heavy (non-hydrogen) atoms. The molecule has 0 aliphatic carbocycles. The van der Waals surface area contributed by atoms with Crippen LogP contribution in [-0.4, -0.2) is 80.6 Å². The van der Waals surface area contributed by atoms with Crippen LogP contribution in [0.15, 0.2) is 33.5 Å². The zero-order chi connectivity index (χ0) is 24.5. The number of carbonyl (C=O) groups excluding carboxylic acids is 2. The number of carboxylic acid groups (broad SMARTS) is 1. The van der Waals surface area contributed by atoms with Gasteiger partial charge in [-0.15, -0.1) is 0 Å². The Hall–Kier alpha value is -2.07. The summed E-state index contributed by atoms with van der Waals surface area (Å²) in [6.45, 7) is 1.90. The smallest absolute Gasteiger partial charge is 0.543 e. The predicted molar refractivity (Wildman–Crippen MR) is 111 cm³/mol. The van der Waals surface area contributed by atoms with E-state index in [0.29, 0.717) is 10.9 Å². The van der Waals surface area contributed by atoms with Gasteiger partial charge in [-0.3, -0.25) is 4.79 Å². The fourth-order valence-corrected chi connectivity index (χ4v) is 3.78. The Morgan fingerprint density at radius 1 is 1.31 bits per heavy atom. The topological polar surface area (TPSA) is 230 Å². The first-order valence-corrected chi connectivity index (χ1v) is 10.0. The summed E-state index contributed by atoms with van der Waals surface area (Å²) < 4.78 is 16.1. The minimum absolute atomic E-state index is 0. The van der Waals surface area contributed by atoms with E-state index < -0.39 is 66.8 Å². The van der Waals surface area contributed by atoms with Crippen LogP contribution in [0.5, 0.6) is 5.75 Å². The average molecular weight is 507 g/mol. The quantitative estimate of drug-likeness (QED) is 0.175. The van der Waals surface area contributed by atoms with Crippen molar-refractivity contribution in [1.29, 1.82) is 0 Å². The normalized spacial score (nSPS) is 25.5. The largest absolute Gasteiger partial charge is 1.00 e. The van der Waals surface area contributed by atoms with Gasteiger partial charge in [-0.05, 0) is 24.6 Å². The summed E-state index contributed by atoms with van der Waals surface area (Å²) in [5.74, 6) is -5.32. The van der Waals surface area contributed by atoms with Crippen molar-refractivity contribution < 1.29 is 84.0 Å². The molecule has 0 saturated carbocycles. The van der Waals surface area contributed by atoms with E-state index in [1.165, 1.54) is 24.3 Å². The Morgan fingerprint density at radius 3 is 2.54 bits per heavy atom. The summed E-state index contributed by atoms with van der Waals surface area (Å²) in [6.07, 6.45) is -7.76. The Balaban J connectivity index is 0.00000306. The molecule has 0 bridgehead atoms. The van der Waals surface area contributed by atoms with Gasteiger partial charge in [0.2, 0.25) is 5.91 Å². The number of hydrogen-bond acceptors (Lipinski definition) is 11. The van der Waals surface area contributed by atoms with Crippen LogP contribution >= 0.6 is 0 Å². The summed E-state index contributed by atoms with van der Waals surface area (Å²) in [5, 5.41) is 55.1. The van der Waals surface area contributed by atoms with Crippen molar-refractivity contribution in [2.75, 3.05) is 6.61 Å². The average Bonchev–Trinajstić information content (AvgIpc) is 2.73. The number of aryl methyl sites for hydroxylation is 1. The minimum Gasteiger partial charge on any atom is -0.543 e. The van der Waals surface area contributed by atoms with Crippen LogP contribution in [0.1, 0.15) is 18.9 Å². The van der Waals surface area contributed by atoms with Crippen molar-refractivity contribution in [1.82, 2.24) is 5.32 Å². The van der Waals surface area contributed by atoms with E-state index >= 15 is 0 Å². The zero-order valence-corrected chi connectivity index (χ0v) is 21.3. The number of rotatable bonds is 7. The van der Waals surface area contributed by atoms with E-state index in [2.05, 4.69) is 5.32 Å². The molecular formula is C21H26NNaO12. The Kier molecular flexibility index (Phi) is 10.8. The molecular weight excluding hydrogens is 481 g/mol. The molecule has 1 fully saturated rings. The van der Waals surface area contributed by atoms with Crippen LogP contribution in [0.2, 0.25) is 0 Å². The third-order valence-electron chi connectivity index (χ3n) is 5.38. The molecule has 188 valence electrons. The number of aliphatic carboxylic acids is 1. The maximum absolute atomic E-state index is 12.1. The van der Waals surface area contributed by atoms with Crippen LogP contribution in [0.3, 0.4) is 0 Å². The van der Waals surface area contributed by atoms with Gasteiger partial charge in [-0.25, -0.2) is 4.79 Å². The number of fused-ring (bicyclic) bond motifs is 1. The molecule has 3 unspecified atom stereocenters. The first-order valence-electron chi connectivity index (χ1n) is 10.0. The number of benzene rings is 1. The van der Waals surface area contributed by atoms with Crippen molar-refractivity contribution in [3.8, 4) is 5.75 Å². The van der Waals surface area contributed by atoms with E-state index in [1.807, 2.05) is 0 Å². The number of carboxylic acids is 1. The number of aliphatic hydroxyl groups is 4. The molecule has 1 aromatic heterocycles. The molecule has 2 aromatic rings. The molecule has 6 atom stereocenters. The van der Waals surface area contributed by atoms with Gasteiger partial charge in [0.15, 0.2) is 0 Å². The number of hydrogen-bond donors (Lipinski definition) is 5. The number of amides is 1. The number of aliphatic hydroxyl groups excluding tert-OH is 4. The Bertz CT molecular complexity index is 1110. The molecule has 1 saturated heterocycles. The molecule has 1 amide bonds. The van der Waals surface area contributed by atoms with Crippen molar-refractivity contribution in [3.63, 3.8) is 0 Å². The molecule has 13 nitrogen and oxygen atoms in total. The second-order valence-electron chi connectivity index (χ2n) is 7.87. The van der Waals surface area contributed by atoms with E-state index in [9.17, 15) is 39.9 Å². The first-order chi connectivity index (χ1) is 15.5. The van der Waals surface area contributed by atoms with Gasteiger partial charge < -0.3 is 55.0 Å². The van der Waals surface area contributed by atoms with Crippen molar-refractivity contribution in [3.05, 3.63) is 40.2 Å². The first kappa shape index (κ1) is 31.0. The van der Waals surface area contributed by atoms with Crippen LogP contribution < -0.4 is 50.3 Å². The van der Waals surface area contributed by atoms with E-state index in [1.54, 1.807) is 6.92 Å². The Labute approximate surface area is 220 Å². The van der Waals surface area contributed by atoms with Crippen molar-refractivity contribution in [2.24, 2.45) is 0 Å².